The lowest BCUT2D eigenvalue weighted by Crippen LogP contribution is -2.62. The van der Waals surface area contributed by atoms with E-state index in [2.05, 4.69) is 51.0 Å². The second-order valence-corrected chi connectivity index (χ2v) is 19.1. The number of nitrogens with one attached hydrogen (secondary N) is 6. The molecular weight excluding hydrogens is 863 g/mol. The van der Waals surface area contributed by atoms with Gasteiger partial charge in [0.2, 0.25) is 11.8 Å². The highest BCUT2D eigenvalue weighted by Crippen LogP contribution is 2.22. The second kappa shape index (κ2) is 28.4. The zero-order chi connectivity index (χ0) is 50.3. The van der Waals surface area contributed by atoms with Crippen LogP contribution >= 0.6 is 0 Å². The molecule has 374 valence electrons. The monoisotopic (exact) mass is 940 g/mol. The minimum absolute atomic E-state index is 0.00219. The summed E-state index contributed by atoms with van der Waals surface area (Å²) >= 11 is 0. The van der Waals surface area contributed by atoms with E-state index in [9.17, 15) is 38.7 Å². The van der Waals surface area contributed by atoms with E-state index >= 15 is 0 Å². The Bertz CT molecular complexity index is 1890. The van der Waals surface area contributed by atoms with Crippen molar-refractivity contribution in [2.24, 2.45) is 11.7 Å². The molecule has 6 amide bonds. The molecule has 0 aromatic heterocycles. The number of hydrogen-bond acceptors (Lipinski definition) is 11. The number of carboxylic acid groups (broad SMARTS) is 1. The number of aryl methyl sites for hydroxylation is 1. The van der Waals surface area contributed by atoms with Crippen molar-refractivity contribution in [1.29, 1.82) is 0 Å². The van der Waals surface area contributed by atoms with E-state index in [-0.39, 0.29) is 38.5 Å². The molecule has 5 atom stereocenters. The molecule has 0 radical (unpaired) electrons. The van der Waals surface area contributed by atoms with Crippen molar-refractivity contribution in [3.63, 3.8) is 0 Å². The normalized spacial score (nSPS) is 13.8. The van der Waals surface area contributed by atoms with Crippen LogP contribution in [0.4, 0.5) is 9.59 Å². The molecule has 0 aliphatic carbocycles. The molecule has 0 aliphatic rings. The number of aliphatic carboxylic acids is 1. The van der Waals surface area contributed by atoms with Gasteiger partial charge in [0.15, 0.2) is 6.17 Å². The summed E-state index contributed by atoms with van der Waals surface area (Å²) in [5.74, 6) is -4.43. The molecule has 2 aromatic carbocycles. The van der Waals surface area contributed by atoms with Crippen molar-refractivity contribution in [3.05, 3.63) is 59.7 Å². The van der Waals surface area contributed by atoms with Gasteiger partial charge in [0.1, 0.15) is 29.3 Å². The first-order valence-corrected chi connectivity index (χ1v) is 23.3. The maximum atomic E-state index is 14.2. The van der Waals surface area contributed by atoms with Crippen LogP contribution in [0.25, 0.3) is 11.1 Å². The van der Waals surface area contributed by atoms with Gasteiger partial charge in [-0.25, -0.2) is 14.4 Å². The van der Waals surface area contributed by atoms with Gasteiger partial charge in [-0.2, -0.15) is 0 Å². The molecule has 0 aliphatic heterocycles. The van der Waals surface area contributed by atoms with Crippen LogP contribution in [-0.2, 0) is 39.8 Å². The van der Waals surface area contributed by atoms with Crippen molar-refractivity contribution in [2.75, 3.05) is 19.7 Å². The molecule has 1 unspecified atom stereocenters. The first kappa shape index (κ1) is 57.4. The Morgan fingerprint density at radius 3 is 1.61 bits per heavy atom. The van der Waals surface area contributed by atoms with Gasteiger partial charge in [-0.15, -0.1) is 0 Å². The summed E-state index contributed by atoms with van der Waals surface area (Å²) in [6.07, 6.45) is 0.936. The van der Waals surface area contributed by atoms with Crippen molar-refractivity contribution < 1.29 is 52.9 Å². The average molecular weight is 940 g/mol. The van der Waals surface area contributed by atoms with E-state index in [1.165, 1.54) is 5.56 Å². The van der Waals surface area contributed by atoms with E-state index in [1.807, 2.05) is 38.1 Å². The standard InChI is InChI=1S/C49H77N7O11/c1-11-12-17-33-20-22-34(23-21-33)35-24-26-36(27-25-35)41(57)53-37(18-13-15-28-51-46(63)66-48(5,6)7)42(58)55-39(32(4)65-30-31(2)3)43(59)56-40(50)44(60)54-38(45(61)62)19-14-16-29-52-47(64)67-49(8,9)10/h20-27,31-32,37-40H,11-19,28-30,50H2,1-10H3,(H,51,63)(H,52,64)(H,53,57)(H,54,60)(H,55,58)(H,56,59)(H,61,62)/t32?,37-,38-,39-,40+/m0/s1. The van der Waals surface area contributed by atoms with E-state index in [1.54, 1.807) is 60.6 Å². The Morgan fingerprint density at radius 2 is 1.13 bits per heavy atom. The van der Waals surface area contributed by atoms with Crippen LogP contribution in [0.1, 0.15) is 137 Å². The highest BCUT2D eigenvalue weighted by molar-refractivity contribution is 5.99. The Balaban J connectivity index is 2.23. The van der Waals surface area contributed by atoms with E-state index < -0.39 is 83.4 Å². The number of carbonyl (C=O) groups excluding carboxylic acids is 6. The summed E-state index contributed by atoms with van der Waals surface area (Å²) in [5.41, 5.74) is 8.16. The molecule has 0 spiro atoms. The van der Waals surface area contributed by atoms with Gasteiger partial charge < -0.3 is 57.0 Å². The molecule has 0 saturated carbocycles. The molecule has 67 heavy (non-hydrogen) atoms. The number of unbranched alkanes of at least 4 members (excludes halogenated alkanes) is 3. The van der Waals surface area contributed by atoms with Crippen LogP contribution in [-0.4, -0.2) is 108 Å². The number of carbonyl (C=O) groups is 7. The van der Waals surface area contributed by atoms with Gasteiger partial charge in [-0.05, 0) is 135 Å². The molecule has 0 heterocycles. The van der Waals surface area contributed by atoms with Crippen LogP contribution in [0.2, 0.25) is 0 Å². The van der Waals surface area contributed by atoms with Gasteiger partial charge in [-0.1, -0.05) is 63.6 Å². The number of alkyl carbamates (subject to hydrolysis) is 2. The number of benzene rings is 2. The van der Waals surface area contributed by atoms with Crippen LogP contribution in [0.5, 0.6) is 0 Å². The van der Waals surface area contributed by atoms with Crippen LogP contribution in [0.3, 0.4) is 0 Å². The maximum Gasteiger partial charge on any atom is 0.407 e. The number of rotatable bonds is 27. The fourth-order valence-corrected chi connectivity index (χ4v) is 6.44. The average Bonchev–Trinajstić information content (AvgIpc) is 3.24. The summed E-state index contributed by atoms with van der Waals surface area (Å²) < 4.78 is 16.4. The summed E-state index contributed by atoms with van der Waals surface area (Å²) in [5, 5.41) is 25.3. The SMILES string of the molecule is CCCCc1ccc(-c2ccc(C(=O)N[C@@H](CCCCNC(=O)OC(C)(C)C)C(=O)N[C@H](C(=O)N[C@@H](N)C(=O)N[C@@H](CCCCNC(=O)OC(C)(C)C)C(=O)O)C(C)OCC(C)C)cc2)cc1. The Kier molecular flexibility index (Phi) is 24.3. The van der Waals surface area contributed by atoms with E-state index in [0.717, 1.165) is 30.4 Å². The zero-order valence-corrected chi connectivity index (χ0v) is 41.2. The molecule has 0 saturated heterocycles. The first-order valence-electron chi connectivity index (χ1n) is 23.3. The van der Waals surface area contributed by atoms with Crippen LogP contribution in [0, 0.1) is 5.92 Å². The smallest absolute Gasteiger partial charge is 0.407 e. The molecule has 0 bridgehead atoms. The van der Waals surface area contributed by atoms with Crippen molar-refractivity contribution in [1.82, 2.24) is 31.9 Å². The van der Waals surface area contributed by atoms with E-state index in [0.29, 0.717) is 31.2 Å². The second-order valence-electron chi connectivity index (χ2n) is 19.1. The molecule has 0 fully saturated rings. The Hall–Kier alpha value is -5.75. The minimum Gasteiger partial charge on any atom is -0.480 e. The third kappa shape index (κ3) is 23.5. The summed E-state index contributed by atoms with van der Waals surface area (Å²) in [6, 6.07) is 11.3. The van der Waals surface area contributed by atoms with Crippen LogP contribution in [0.15, 0.2) is 48.5 Å². The lowest BCUT2D eigenvalue weighted by atomic mass is 10.0. The predicted molar refractivity (Wildman–Crippen MR) is 256 cm³/mol. The van der Waals surface area contributed by atoms with Gasteiger partial charge in [0.05, 0.1) is 6.10 Å². The third-order valence-corrected chi connectivity index (χ3v) is 9.99. The summed E-state index contributed by atoms with van der Waals surface area (Å²) in [4.78, 5) is 91.0. The largest absolute Gasteiger partial charge is 0.480 e. The highest BCUT2D eigenvalue weighted by Gasteiger charge is 2.34. The van der Waals surface area contributed by atoms with E-state index in [4.69, 9.17) is 19.9 Å². The van der Waals surface area contributed by atoms with Crippen molar-refractivity contribution in [2.45, 2.75) is 169 Å². The molecule has 2 rings (SSSR count). The summed E-state index contributed by atoms with van der Waals surface area (Å²) in [7, 11) is 0. The van der Waals surface area contributed by atoms with Crippen molar-refractivity contribution >= 4 is 41.8 Å². The molecule has 9 N–H and O–H groups in total. The van der Waals surface area contributed by atoms with Gasteiger partial charge in [0.25, 0.3) is 11.8 Å². The Morgan fingerprint density at radius 1 is 0.627 bits per heavy atom. The first-order chi connectivity index (χ1) is 31.4. The lowest BCUT2D eigenvalue weighted by molar-refractivity contribution is -0.142. The number of ether oxygens (including phenoxy) is 3. The fourth-order valence-electron chi connectivity index (χ4n) is 6.44. The maximum absolute atomic E-state index is 14.2. The number of carboxylic acids is 1. The highest BCUT2D eigenvalue weighted by atomic mass is 16.6. The fraction of sp³-hybridized carbons (Fsp3) is 0.612. The predicted octanol–water partition coefficient (Wildman–Crippen LogP) is 5.70. The zero-order valence-electron chi connectivity index (χ0n) is 41.2. The lowest BCUT2D eigenvalue weighted by Gasteiger charge is -2.29. The minimum atomic E-state index is -1.73. The van der Waals surface area contributed by atoms with Gasteiger partial charge in [0, 0.05) is 25.3 Å². The topological polar surface area (TPSA) is 266 Å². The van der Waals surface area contributed by atoms with Crippen LogP contribution < -0.4 is 37.6 Å². The number of nitrogens with two attached hydrogens (primary N) is 1. The molecule has 2 aromatic rings. The quantitative estimate of drug-likeness (QED) is 0.0396. The number of hydrogen-bond donors (Lipinski definition) is 8. The van der Waals surface area contributed by atoms with Gasteiger partial charge >= 0.3 is 18.2 Å². The molecule has 18 heteroatoms. The number of amides is 6. The molecule has 18 nitrogen and oxygen atoms in total. The van der Waals surface area contributed by atoms with Crippen molar-refractivity contribution in [3.8, 4) is 11.1 Å². The third-order valence-electron chi connectivity index (χ3n) is 9.99. The summed E-state index contributed by atoms with van der Waals surface area (Å²) in [6.45, 7) is 18.6. The molecular formula is C49H77N7O11. The van der Waals surface area contributed by atoms with Gasteiger partial charge in [-0.3, -0.25) is 19.2 Å². The Labute approximate surface area is 396 Å².